The SMILES string of the molecule is CC(NC(=O)c1cc(N)ccc1Br)c1ccncc1. The lowest BCUT2D eigenvalue weighted by Gasteiger charge is -2.15. The van der Waals surface area contributed by atoms with Crippen molar-refractivity contribution in [3.63, 3.8) is 0 Å². The van der Waals surface area contributed by atoms with Crippen molar-refractivity contribution in [1.29, 1.82) is 0 Å². The van der Waals surface area contributed by atoms with Crippen molar-refractivity contribution in [3.05, 3.63) is 58.3 Å². The molecule has 0 saturated carbocycles. The van der Waals surface area contributed by atoms with Gasteiger partial charge in [0.1, 0.15) is 0 Å². The topological polar surface area (TPSA) is 68.0 Å². The molecule has 0 bridgehead atoms. The van der Waals surface area contributed by atoms with Crippen LogP contribution >= 0.6 is 15.9 Å². The lowest BCUT2D eigenvalue weighted by atomic mass is 10.1. The molecule has 0 saturated heterocycles. The highest BCUT2D eigenvalue weighted by atomic mass is 79.9. The minimum atomic E-state index is -0.163. The second kappa shape index (κ2) is 5.84. The molecule has 1 heterocycles. The third-order valence-electron chi connectivity index (χ3n) is 2.79. The molecule has 0 aliphatic heterocycles. The normalized spacial score (nSPS) is 11.9. The zero-order valence-corrected chi connectivity index (χ0v) is 12.0. The summed E-state index contributed by atoms with van der Waals surface area (Å²) in [6, 6.07) is 8.81. The Morgan fingerprint density at radius 1 is 1.32 bits per heavy atom. The Morgan fingerprint density at radius 2 is 2.00 bits per heavy atom. The summed E-state index contributed by atoms with van der Waals surface area (Å²) >= 11 is 3.35. The first-order valence-electron chi connectivity index (χ1n) is 5.83. The van der Waals surface area contributed by atoms with E-state index in [4.69, 9.17) is 5.73 Å². The summed E-state index contributed by atoms with van der Waals surface area (Å²) in [5.74, 6) is -0.163. The van der Waals surface area contributed by atoms with Crippen molar-refractivity contribution in [3.8, 4) is 0 Å². The number of nitrogens with two attached hydrogens (primary N) is 1. The van der Waals surface area contributed by atoms with E-state index in [1.165, 1.54) is 0 Å². The number of aromatic nitrogens is 1. The van der Waals surface area contributed by atoms with E-state index in [0.717, 1.165) is 10.0 Å². The predicted octanol–water partition coefficient (Wildman–Crippen LogP) is 2.92. The number of nitrogens with zero attached hydrogens (tertiary/aromatic N) is 1. The fourth-order valence-electron chi connectivity index (χ4n) is 1.73. The maximum absolute atomic E-state index is 12.2. The van der Waals surface area contributed by atoms with Gasteiger partial charge < -0.3 is 11.1 Å². The molecule has 1 aromatic carbocycles. The Hall–Kier alpha value is -1.88. The minimum absolute atomic E-state index is 0.0937. The summed E-state index contributed by atoms with van der Waals surface area (Å²) in [5, 5.41) is 2.93. The van der Waals surface area contributed by atoms with Crippen LogP contribution in [-0.2, 0) is 0 Å². The quantitative estimate of drug-likeness (QED) is 0.855. The zero-order valence-electron chi connectivity index (χ0n) is 10.4. The lowest BCUT2D eigenvalue weighted by Crippen LogP contribution is -2.27. The van der Waals surface area contributed by atoms with Crippen LogP contribution in [-0.4, -0.2) is 10.9 Å². The molecule has 0 aliphatic rings. The molecule has 2 rings (SSSR count). The Labute approximate surface area is 120 Å². The molecule has 0 aliphatic carbocycles. The Kier molecular flexibility index (Phi) is 4.16. The second-order valence-corrected chi connectivity index (χ2v) is 5.07. The number of anilines is 1. The van der Waals surface area contributed by atoms with Gasteiger partial charge >= 0.3 is 0 Å². The highest BCUT2D eigenvalue weighted by molar-refractivity contribution is 9.10. The highest BCUT2D eigenvalue weighted by Crippen LogP contribution is 2.20. The molecule has 1 atom stereocenters. The summed E-state index contributed by atoms with van der Waals surface area (Å²) < 4.78 is 0.723. The van der Waals surface area contributed by atoms with Gasteiger partial charge in [-0.25, -0.2) is 0 Å². The number of nitrogen functional groups attached to an aromatic ring is 1. The Balaban J connectivity index is 2.15. The molecular formula is C14H14BrN3O. The first-order chi connectivity index (χ1) is 9.08. The van der Waals surface area contributed by atoms with Crippen LogP contribution in [0.5, 0.6) is 0 Å². The third-order valence-corrected chi connectivity index (χ3v) is 3.48. The van der Waals surface area contributed by atoms with Crippen LogP contribution in [0, 0.1) is 0 Å². The van der Waals surface area contributed by atoms with E-state index in [0.29, 0.717) is 11.3 Å². The van der Waals surface area contributed by atoms with Gasteiger partial charge in [-0.3, -0.25) is 9.78 Å². The number of amides is 1. The molecule has 98 valence electrons. The maximum atomic E-state index is 12.2. The molecule has 19 heavy (non-hydrogen) atoms. The molecule has 0 spiro atoms. The molecular weight excluding hydrogens is 306 g/mol. The van der Waals surface area contributed by atoms with Gasteiger partial charge in [-0.2, -0.15) is 0 Å². The largest absolute Gasteiger partial charge is 0.399 e. The van der Waals surface area contributed by atoms with Gasteiger partial charge in [0, 0.05) is 22.6 Å². The van der Waals surface area contributed by atoms with Gasteiger partial charge in [-0.05, 0) is 58.7 Å². The molecule has 3 N–H and O–H groups in total. The van der Waals surface area contributed by atoms with Crippen LogP contribution in [0.3, 0.4) is 0 Å². The maximum Gasteiger partial charge on any atom is 0.252 e. The monoisotopic (exact) mass is 319 g/mol. The van der Waals surface area contributed by atoms with Crippen LogP contribution in [0.1, 0.15) is 28.9 Å². The summed E-state index contributed by atoms with van der Waals surface area (Å²) in [6.45, 7) is 1.92. The smallest absolute Gasteiger partial charge is 0.252 e. The summed E-state index contributed by atoms with van der Waals surface area (Å²) in [5.41, 5.74) is 7.79. The third kappa shape index (κ3) is 3.32. The number of hydrogen-bond donors (Lipinski definition) is 2. The standard InChI is InChI=1S/C14H14BrN3O/c1-9(10-4-6-17-7-5-10)18-14(19)12-8-11(16)2-3-13(12)15/h2-9H,16H2,1H3,(H,18,19). The van der Waals surface area contributed by atoms with E-state index < -0.39 is 0 Å². The molecule has 0 fully saturated rings. The molecule has 4 nitrogen and oxygen atoms in total. The predicted molar refractivity (Wildman–Crippen MR) is 78.7 cm³/mol. The summed E-state index contributed by atoms with van der Waals surface area (Å²) in [7, 11) is 0. The van der Waals surface area contributed by atoms with E-state index in [2.05, 4.69) is 26.2 Å². The number of nitrogens with one attached hydrogen (secondary N) is 1. The molecule has 1 aromatic heterocycles. The van der Waals surface area contributed by atoms with Crippen molar-refractivity contribution in [2.45, 2.75) is 13.0 Å². The fourth-order valence-corrected chi connectivity index (χ4v) is 2.15. The van der Waals surface area contributed by atoms with Crippen LogP contribution in [0.4, 0.5) is 5.69 Å². The van der Waals surface area contributed by atoms with Gasteiger partial charge in [0.2, 0.25) is 0 Å². The molecule has 0 radical (unpaired) electrons. The van der Waals surface area contributed by atoms with Crippen molar-refractivity contribution in [1.82, 2.24) is 10.3 Å². The van der Waals surface area contributed by atoms with Gasteiger partial charge in [-0.15, -0.1) is 0 Å². The number of pyridine rings is 1. The lowest BCUT2D eigenvalue weighted by molar-refractivity contribution is 0.0939. The molecule has 1 amide bonds. The van der Waals surface area contributed by atoms with Crippen molar-refractivity contribution in [2.24, 2.45) is 0 Å². The molecule has 2 aromatic rings. The highest BCUT2D eigenvalue weighted by Gasteiger charge is 2.14. The summed E-state index contributed by atoms with van der Waals surface area (Å²) in [6.07, 6.45) is 3.41. The number of hydrogen-bond acceptors (Lipinski definition) is 3. The van der Waals surface area contributed by atoms with Gasteiger partial charge in [0.25, 0.3) is 5.91 Å². The fraction of sp³-hybridized carbons (Fsp3) is 0.143. The number of benzene rings is 1. The first-order valence-corrected chi connectivity index (χ1v) is 6.63. The van der Waals surface area contributed by atoms with Gasteiger partial charge in [0.15, 0.2) is 0 Å². The number of carbonyl (C=O) groups is 1. The molecule has 1 unspecified atom stereocenters. The number of carbonyl (C=O) groups excluding carboxylic acids is 1. The zero-order chi connectivity index (χ0) is 13.8. The van der Waals surface area contributed by atoms with E-state index in [9.17, 15) is 4.79 Å². The van der Waals surface area contributed by atoms with Crippen molar-refractivity contribution in [2.75, 3.05) is 5.73 Å². The van der Waals surface area contributed by atoms with Gasteiger partial charge in [0.05, 0.1) is 11.6 Å². The number of rotatable bonds is 3. The van der Waals surface area contributed by atoms with E-state index in [-0.39, 0.29) is 11.9 Å². The second-order valence-electron chi connectivity index (χ2n) is 4.21. The van der Waals surface area contributed by atoms with Crippen LogP contribution < -0.4 is 11.1 Å². The average molecular weight is 320 g/mol. The van der Waals surface area contributed by atoms with Crippen molar-refractivity contribution < 1.29 is 4.79 Å². The number of halogens is 1. The summed E-state index contributed by atoms with van der Waals surface area (Å²) in [4.78, 5) is 16.1. The first kappa shape index (κ1) is 13.5. The van der Waals surface area contributed by atoms with Crippen LogP contribution in [0.2, 0.25) is 0 Å². The molecule has 5 heteroatoms. The van der Waals surface area contributed by atoms with Gasteiger partial charge in [-0.1, -0.05) is 0 Å². The Bertz CT molecular complexity index is 586. The van der Waals surface area contributed by atoms with Crippen LogP contribution in [0.25, 0.3) is 0 Å². The van der Waals surface area contributed by atoms with Crippen molar-refractivity contribution >= 4 is 27.5 Å². The Morgan fingerprint density at radius 3 is 2.68 bits per heavy atom. The minimum Gasteiger partial charge on any atom is -0.399 e. The van der Waals surface area contributed by atoms with E-state index in [1.54, 1.807) is 30.6 Å². The van der Waals surface area contributed by atoms with E-state index in [1.807, 2.05) is 19.1 Å². The van der Waals surface area contributed by atoms with E-state index >= 15 is 0 Å². The average Bonchev–Trinajstić information content (AvgIpc) is 2.42. The van der Waals surface area contributed by atoms with Crippen LogP contribution in [0.15, 0.2) is 47.2 Å².